The van der Waals surface area contributed by atoms with Crippen molar-refractivity contribution in [3.05, 3.63) is 34.3 Å². The number of carbonyl (C=O) groups is 1. The van der Waals surface area contributed by atoms with Gasteiger partial charge in [0.2, 0.25) is 0 Å². The Kier molecular flexibility index (Phi) is 5.18. The van der Waals surface area contributed by atoms with E-state index in [1.54, 1.807) is 6.07 Å². The van der Waals surface area contributed by atoms with E-state index in [2.05, 4.69) is 0 Å². The zero-order chi connectivity index (χ0) is 14.3. The second-order valence-electron chi connectivity index (χ2n) is 6.19. The Hall–Kier alpha value is -0.770. The monoisotopic (exact) mass is 328 g/mol. The lowest BCUT2D eigenvalue weighted by Gasteiger charge is -2.29. The number of hydrogen-bond acceptors (Lipinski definition) is 2. The van der Waals surface area contributed by atoms with Gasteiger partial charge in [0.25, 0.3) is 5.91 Å². The molecule has 3 nitrogen and oxygen atoms in total. The van der Waals surface area contributed by atoms with Crippen LogP contribution in [-0.2, 0) is 0 Å². The highest BCUT2D eigenvalue weighted by Gasteiger charge is 2.40. The molecule has 21 heavy (non-hydrogen) atoms. The fourth-order valence-electron chi connectivity index (χ4n) is 3.64. The Morgan fingerprint density at radius 1 is 1.33 bits per heavy atom. The van der Waals surface area contributed by atoms with Crippen LogP contribution < -0.4 is 5.73 Å². The topological polar surface area (TPSA) is 46.3 Å². The maximum Gasteiger partial charge on any atom is 0.253 e. The maximum atomic E-state index is 12.6. The predicted molar refractivity (Wildman–Crippen MR) is 88.1 cm³/mol. The highest BCUT2D eigenvalue weighted by molar-refractivity contribution is 6.31. The van der Waals surface area contributed by atoms with Gasteiger partial charge in [-0.15, -0.1) is 12.4 Å². The number of halogens is 2. The van der Waals surface area contributed by atoms with Crippen LogP contribution in [-0.4, -0.2) is 29.9 Å². The summed E-state index contributed by atoms with van der Waals surface area (Å²) in [6.07, 6.45) is 3.51. The minimum absolute atomic E-state index is 0. The number of benzene rings is 1. The summed E-state index contributed by atoms with van der Waals surface area (Å²) in [4.78, 5) is 14.6. The second kappa shape index (κ2) is 6.55. The molecular weight excluding hydrogens is 307 g/mol. The van der Waals surface area contributed by atoms with Gasteiger partial charge in [-0.2, -0.15) is 0 Å². The van der Waals surface area contributed by atoms with Crippen molar-refractivity contribution in [3.8, 4) is 0 Å². The quantitative estimate of drug-likeness (QED) is 0.859. The molecule has 0 aromatic heterocycles. The van der Waals surface area contributed by atoms with Gasteiger partial charge in [-0.05, 0) is 55.4 Å². The van der Waals surface area contributed by atoms with E-state index in [0.29, 0.717) is 16.9 Å². The van der Waals surface area contributed by atoms with Gasteiger partial charge >= 0.3 is 0 Å². The molecule has 5 heteroatoms. The van der Waals surface area contributed by atoms with Crippen molar-refractivity contribution >= 4 is 29.9 Å². The van der Waals surface area contributed by atoms with Crippen LogP contribution in [0.15, 0.2) is 18.2 Å². The lowest BCUT2D eigenvalue weighted by atomic mass is 9.78. The van der Waals surface area contributed by atoms with Crippen LogP contribution in [0, 0.1) is 18.8 Å². The number of carbonyl (C=O) groups excluding carboxylic acids is 1. The molecule has 1 aromatic carbocycles. The van der Waals surface area contributed by atoms with Gasteiger partial charge in [0, 0.05) is 29.7 Å². The third kappa shape index (κ3) is 3.20. The fourth-order valence-corrected chi connectivity index (χ4v) is 3.76. The van der Waals surface area contributed by atoms with Crippen molar-refractivity contribution in [2.75, 3.05) is 13.1 Å². The van der Waals surface area contributed by atoms with Crippen molar-refractivity contribution in [2.45, 2.75) is 32.2 Å². The molecule has 1 saturated heterocycles. The summed E-state index contributed by atoms with van der Waals surface area (Å²) >= 11 is 6.02. The SMILES string of the molecule is Cc1cc(C(=O)N2CC3CCCC(N)C3C2)ccc1Cl.Cl. The Morgan fingerprint density at radius 2 is 2.10 bits per heavy atom. The Labute approximate surface area is 137 Å². The van der Waals surface area contributed by atoms with Gasteiger partial charge in [0.15, 0.2) is 0 Å². The van der Waals surface area contributed by atoms with Gasteiger partial charge in [0.05, 0.1) is 0 Å². The third-order valence-corrected chi connectivity index (χ3v) is 5.27. The summed E-state index contributed by atoms with van der Waals surface area (Å²) < 4.78 is 0. The first kappa shape index (κ1) is 16.6. The van der Waals surface area contributed by atoms with Crippen LogP contribution in [0.3, 0.4) is 0 Å². The molecule has 2 N–H and O–H groups in total. The zero-order valence-corrected chi connectivity index (χ0v) is 13.8. The van der Waals surface area contributed by atoms with E-state index in [1.807, 2.05) is 24.0 Å². The molecular formula is C16H22Cl2N2O. The van der Waals surface area contributed by atoms with Gasteiger partial charge < -0.3 is 10.6 Å². The van der Waals surface area contributed by atoms with Gasteiger partial charge in [-0.1, -0.05) is 18.0 Å². The number of fused-ring (bicyclic) bond motifs is 1. The van der Waals surface area contributed by atoms with E-state index in [1.165, 1.54) is 12.8 Å². The minimum atomic E-state index is 0. The summed E-state index contributed by atoms with van der Waals surface area (Å²) in [6, 6.07) is 5.77. The summed E-state index contributed by atoms with van der Waals surface area (Å²) in [7, 11) is 0. The molecule has 1 aromatic rings. The third-order valence-electron chi connectivity index (χ3n) is 4.85. The van der Waals surface area contributed by atoms with Gasteiger partial charge in [-0.3, -0.25) is 4.79 Å². The number of rotatable bonds is 1. The number of likely N-dealkylation sites (tertiary alicyclic amines) is 1. The van der Waals surface area contributed by atoms with Crippen LogP contribution in [0.1, 0.15) is 35.2 Å². The summed E-state index contributed by atoms with van der Waals surface area (Å²) in [6.45, 7) is 3.60. The zero-order valence-electron chi connectivity index (χ0n) is 12.2. The number of amides is 1. The Morgan fingerprint density at radius 3 is 2.76 bits per heavy atom. The van der Waals surface area contributed by atoms with Crippen LogP contribution in [0.2, 0.25) is 5.02 Å². The summed E-state index contributed by atoms with van der Waals surface area (Å²) in [5.74, 6) is 1.20. The lowest BCUT2D eigenvalue weighted by Crippen LogP contribution is -2.38. The van der Waals surface area contributed by atoms with Crippen molar-refractivity contribution in [1.29, 1.82) is 0 Å². The molecule has 0 spiro atoms. The highest BCUT2D eigenvalue weighted by Crippen LogP contribution is 2.36. The van der Waals surface area contributed by atoms with Crippen molar-refractivity contribution < 1.29 is 4.79 Å². The first-order valence-corrected chi connectivity index (χ1v) is 7.75. The number of nitrogens with two attached hydrogens (primary N) is 1. The molecule has 3 rings (SSSR count). The van der Waals surface area contributed by atoms with E-state index in [-0.39, 0.29) is 24.4 Å². The lowest BCUT2D eigenvalue weighted by molar-refractivity contribution is 0.0783. The molecule has 2 fully saturated rings. The average molecular weight is 329 g/mol. The minimum Gasteiger partial charge on any atom is -0.338 e. The summed E-state index contributed by atoms with van der Waals surface area (Å²) in [5, 5.41) is 0.707. The van der Waals surface area contributed by atoms with E-state index in [9.17, 15) is 4.79 Å². The molecule has 3 unspecified atom stereocenters. The maximum absolute atomic E-state index is 12.6. The van der Waals surface area contributed by atoms with Crippen molar-refractivity contribution in [3.63, 3.8) is 0 Å². The van der Waals surface area contributed by atoms with Gasteiger partial charge in [0.1, 0.15) is 0 Å². The largest absolute Gasteiger partial charge is 0.338 e. The molecule has 116 valence electrons. The van der Waals surface area contributed by atoms with E-state index in [4.69, 9.17) is 17.3 Å². The molecule has 1 heterocycles. The number of hydrogen-bond donors (Lipinski definition) is 1. The van der Waals surface area contributed by atoms with E-state index in [0.717, 1.165) is 30.6 Å². The standard InChI is InChI=1S/C16H21ClN2O.ClH/c1-10-7-11(5-6-14(10)17)16(20)19-8-12-3-2-4-15(18)13(12)9-19;/h5-7,12-13,15H,2-4,8-9,18H2,1H3;1H. The molecule has 2 aliphatic rings. The van der Waals surface area contributed by atoms with Crippen LogP contribution >= 0.6 is 24.0 Å². The molecule has 0 bridgehead atoms. The number of aryl methyl sites for hydroxylation is 1. The van der Waals surface area contributed by atoms with E-state index < -0.39 is 0 Å². The second-order valence-corrected chi connectivity index (χ2v) is 6.60. The smallest absolute Gasteiger partial charge is 0.253 e. The van der Waals surface area contributed by atoms with Crippen LogP contribution in [0.4, 0.5) is 0 Å². The van der Waals surface area contributed by atoms with Gasteiger partial charge in [-0.25, -0.2) is 0 Å². The first-order chi connectivity index (χ1) is 9.56. The highest BCUT2D eigenvalue weighted by atomic mass is 35.5. The molecule has 3 atom stereocenters. The molecule has 0 radical (unpaired) electrons. The van der Waals surface area contributed by atoms with Crippen molar-refractivity contribution in [2.24, 2.45) is 17.6 Å². The number of nitrogens with zero attached hydrogens (tertiary/aromatic N) is 1. The Bertz CT molecular complexity index is 535. The predicted octanol–water partition coefficient (Wildman–Crippen LogP) is 3.27. The molecule has 1 saturated carbocycles. The molecule has 1 aliphatic carbocycles. The fraction of sp³-hybridized carbons (Fsp3) is 0.562. The summed E-state index contributed by atoms with van der Waals surface area (Å²) in [5.41, 5.74) is 7.89. The first-order valence-electron chi connectivity index (χ1n) is 7.37. The normalized spacial score (nSPS) is 28.0. The van der Waals surface area contributed by atoms with Crippen LogP contribution in [0.25, 0.3) is 0 Å². The Balaban J connectivity index is 0.00000161. The van der Waals surface area contributed by atoms with E-state index >= 15 is 0 Å². The van der Waals surface area contributed by atoms with Crippen LogP contribution in [0.5, 0.6) is 0 Å². The average Bonchev–Trinajstić information content (AvgIpc) is 2.86. The molecule has 1 aliphatic heterocycles. The molecule has 1 amide bonds. The van der Waals surface area contributed by atoms with Crippen molar-refractivity contribution in [1.82, 2.24) is 4.90 Å².